The first-order valence-electron chi connectivity index (χ1n) is 5.84. The summed E-state index contributed by atoms with van der Waals surface area (Å²) in [6.07, 6.45) is 1.62. The molecule has 0 aromatic rings. The molecule has 0 radical (unpaired) electrons. The Bertz CT molecular complexity index is 234. The molecule has 16 heavy (non-hydrogen) atoms. The minimum atomic E-state index is -0.484. The fourth-order valence-electron chi connectivity index (χ4n) is 2.03. The minimum absolute atomic E-state index is 0.209. The molecule has 0 aromatic carbocycles. The van der Waals surface area contributed by atoms with E-state index in [1.54, 1.807) is 0 Å². The number of rotatable bonds is 5. The van der Waals surface area contributed by atoms with Gasteiger partial charge in [-0.15, -0.1) is 0 Å². The molecule has 1 aliphatic heterocycles. The summed E-state index contributed by atoms with van der Waals surface area (Å²) in [5, 5.41) is 3.34. The van der Waals surface area contributed by atoms with Gasteiger partial charge in [0.15, 0.2) is 0 Å². The maximum Gasteiger partial charge on any atom is 0.237 e. The number of nitrogens with two attached hydrogens (primary N) is 1. The van der Waals surface area contributed by atoms with Gasteiger partial charge in [0.1, 0.15) is 5.54 Å². The van der Waals surface area contributed by atoms with Gasteiger partial charge in [-0.3, -0.25) is 4.79 Å². The molecule has 1 fully saturated rings. The Kier molecular flexibility index (Phi) is 4.70. The maximum absolute atomic E-state index is 11.6. The number of piperidine rings is 1. The molecule has 0 aliphatic carbocycles. The zero-order valence-electron chi connectivity index (χ0n) is 10.6. The molecule has 0 atom stereocenters. The molecule has 1 saturated heterocycles. The number of likely N-dealkylation sites (tertiary alicyclic amines) is 1. The summed E-state index contributed by atoms with van der Waals surface area (Å²) < 4.78 is 0. The summed E-state index contributed by atoms with van der Waals surface area (Å²) in [4.78, 5) is 15.9. The average Bonchev–Trinajstić information content (AvgIpc) is 2.20. The van der Waals surface area contributed by atoms with Crippen molar-refractivity contribution in [3.8, 4) is 0 Å². The lowest BCUT2D eigenvalue weighted by Crippen LogP contribution is -2.61. The second-order valence-corrected chi connectivity index (χ2v) is 4.98. The Morgan fingerprint density at radius 3 is 2.44 bits per heavy atom. The van der Waals surface area contributed by atoms with Crippen LogP contribution in [0.5, 0.6) is 0 Å². The summed E-state index contributed by atoms with van der Waals surface area (Å²) in [5.41, 5.74) is 5.05. The molecule has 3 N–H and O–H groups in total. The molecule has 1 aliphatic rings. The molecule has 0 spiro atoms. The van der Waals surface area contributed by atoms with E-state index in [2.05, 4.69) is 22.2 Å². The van der Waals surface area contributed by atoms with Crippen molar-refractivity contribution in [3.05, 3.63) is 0 Å². The van der Waals surface area contributed by atoms with Crippen LogP contribution >= 0.6 is 0 Å². The van der Waals surface area contributed by atoms with Gasteiger partial charge in [-0.05, 0) is 34.0 Å². The van der Waals surface area contributed by atoms with Crippen molar-refractivity contribution in [2.75, 3.05) is 47.3 Å². The van der Waals surface area contributed by atoms with E-state index in [1.165, 1.54) is 0 Å². The number of carbonyl (C=O) groups is 1. The number of hydrogen-bond donors (Lipinski definition) is 2. The van der Waals surface area contributed by atoms with Crippen LogP contribution in [-0.2, 0) is 4.79 Å². The molecule has 0 unspecified atom stereocenters. The van der Waals surface area contributed by atoms with E-state index in [-0.39, 0.29) is 5.91 Å². The van der Waals surface area contributed by atoms with Crippen molar-refractivity contribution in [1.82, 2.24) is 15.1 Å². The second-order valence-electron chi connectivity index (χ2n) is 4.98. The van der Waals surface area contributed by atoms with Crippen LogP contribution in [0.15, 0.2) is 0 Å². The quantitative estimate of drug-likeness (QED) is 0.639. The minimum Gasteiger partial charge on any atom is -0.368 e. The van der Waals surface area contributed by atoms with E-state index < -0.39 is 5.54 Å². The van der Waals surface area contributed by atoms with Crippen LogP contribution in [0.3, 0.4) is 0 Å². The third-order valence-electron chi connectivity index (χ3n) is 3.33. The first-order valence-corrected chi connectivity index (χ1v) is 5.84. The number of amides is 1. The molecule has 1 amide bonds. The summed E-state index contributed by atoms with van der Waals surface area (Å²) in [5.74, 6) is -0.209. The van der Waals surface area contributed by atoms with Gasteiger partial charge >= 0.3 is 0 Å². The van der Waals surface area contributed by atoms with E-state index in [9.17, 15) is 4.79 Å². The number of hydrogen-bond acceptors (Lipinski definition) is 4. The Balaban J connectivity index is 2.50. The van der Waals surface area contributed by atoms with Gasteiger partial charge < -0.3 is 20.9 Å². The normalized spacial score (nSPS) is 21.2. The summed E-state index contributed by atoms with van der Waals surface area (Å²) in [6.45, 7) is 3.58. The molecular formula is C11H24N4O. The molecule has 0 bridgehead atoms. The summed E-state index contributed by atoms with van der Waals surface area (Å²) in [6, 6.07) is 0. The first-order chi connectivity index (χ1) is 7.46. The number of carbonyl (C=O) groups excluding carboxylic acids is 1. The first kappa shape index (κ1) is 13.4. The molecular weight excluding hydrogens is 204 g/mol. The smallest absolute Gasteiger partial charge is 0.237 e. The largest absolute Gasteiger partial charge is 0.368 e. The highest BCUT2D eigenvalue weighted by Crippen LogP contribution is 2.20. The van der Waals surface area contributed by atoms with Crippen molar-refractivity contribution >= 4 is 5.91 Å². The van der Waals surface area contributed by atoms with E-state index in [0.29, 0.717) is 0 Å². The Morgan fingerprint density at radius 2 is 2.00 bits per heavy atom. The van der Waals surface area contributed by atoms with Gasteiger partial charge in [0.25, 0.3) is 0 Å². The standard InChI is InChI=1S/C11H24N4O/c1-14(2)9-6-13-11(10(12)16)4-7-15(3)8-5-11/h13H,4-9H2,1-3H3,(H2,12,16). The van der Waals surface area contributed by atoms with Gasteiger partial charge in [-0.1, -0.05) is 0 Å². The molecule has 94 valence electrons. The number of nitrogens with one attached hydrogen (secondary N) is 1. The molecule has 1 rings (SSSR count). The lowest BCUT2D eigenvalue weighted by molar-refractivity contribution is -0.126. The number of nitrogens with zero attached hydrogens (tertiary/aromatic N) is 2. The van der Waals surface area contributed by atoms with E-state index in [4.69, 9.17) is 5.73 Å². The molecule has 1 heterocycles. The number of primary amides is 1. The molecule has 5 heteroatoms. The van der Waals surface area contributed by atoms with Gasteiger partial charge in [0, 0.05) is 26.2 Å². The summed E-state index contributed by atoms with van der Waals surface area (Å²) in [7, 11) is 6.12. The Labute approximate surface area is 98.0 Å². The van der Waals surface area contributed by atoms with Crippen molar-refractivity contribution in [2.45, 2.75) is 18.4 Å². The zero-order valence-corrected chi connectivity index (χ0v) is 10.6. The number of likely N-dealkylation sites (N-methyl/N-ethyl adjacent to an activating group) is 1. The van der Waals surface area contributed by atoms with Gasteiger partial charge in [-0.2, -0.15) is 0 Å². The monoisotopic (exact) mass is 228 g/mol. The fourth-order valence-corrected chi connectivity index (χ4v) is 2.03. The van der Waals surface area contributed by atoms with Crippen molar-refractivity contribution in [2.24, 2.45) is 5.73 Å². The van der Waals surface area contributed by atoms with Crippen LogP contribution in [0, 0.1) is 0 Å². The Morgan fingerprint density at radius 1 is 1.44 bits per heavy atom. The van der Waals surface area contributed by atoms with Gasteiger partial charge in [0.2, 0.25) is 5.91 Å². The average molecular weight is 228 g/mol. The van der Waals surface area contributed by atoms with Crippen molar-refractivity contribution in [1.29, 1.82) is 0 Å². The van der Waals surface area contributed by atoms with Crippen LogP contribution in [0.1, 0.15) is 12.8 Å². The third kappa shape index (κ3) is 3.43. The predicted octanol–water partition coefficient (Wildman–Crippen LogP) is -0.913. The van der Waals surface area contributed by atoms with Crippen LogP contribution in [0.2, 0.25) is 0 Å². The lowest BCUT2D eigenvalue weighted by Gasteiger charge is -2.39. The van der Waals surface area contributed by atoms with Crippen LogP contribution < -0.4 is 11.1 Å². The van der Waals surface area contributed by atoms with E-state index >= 15 is 0 Å². The summed E-state index contributed by atoms with van der Waals surface area (Å²) >= 11 is 0. The van der Waals surface area contributed by atoms with Crippen LogP contribution in [0.4, 0.5) is 0 Å². The van der Waals surface area contributed by atoms with Crippen molar-refractivity contribution < 1.29 is 4.79 Å². The lowest BCUT2D eigenvalue weighted by atomic mass is 9.87. The zero-order chi connectivity index (χ0) is 12.2. The SMILES string of the molecule is CN(C)CCNC1(C(N)=O)CCN(C)CC1. The highest BCUT2D eigenvalue weighted by molar-refractivity contribution is 5.84. The van der Waals surface area contributed by atoms with Crippen LogP contribution in [-0.4, -0.2) is 68.6 Å². The highest BCUT2D eigenvalue weighted by atomic mass is 16.1. The van der Waals surface area contributed by atoms with Gasteiger partial charge in [-0.25, -0.2) is 0 Å². The Hall–Kier alpha value is -0.650. The fraction of sp³-hybridized carbons (Fsp3) is 0.909. The van der Waals surface area contributed by atoms with E-state index in [0.717, 1.165) is 39.0 Å². The third-order valence-corrected chi connectivity index (χ3v) is 3.33. The van der Waals surface area contributed by atoms with Crippen LogP contribution in [0.25, 0.3) is 0 Å². The molecule has 0 saturated carbocycles. The maximum atomic E-state index is 11.6. The van der Waals surface area contributed by atoms with Gasteiger partial charge in [0.05, 0.1) is 0 Å². The second kappa shape index (κ2) is 5.61. The highest BCUT2D eigenvalue weighted by Gasteiger charge is 2.38. The predicted molar refractivity (Wildman–Crippen MR) is 65.2 cm³/mol. The molecule has 5 nitrogen and oxygen atoms in total. The molecule has 0 aromatic heterocycles. The topological polar surface area (TPSA) is 61.6 Å². The van der Waals surface area contributed by atoms with E-state index in [1.807, 2.05) is 14.1 Å². The van der Waals surface area contributed by atoms with Crippen molar-refractivity contribution in [3.63, 3.8) is 0 Å².